The SMILES string of the molecule is CCc1cc(OCC=C(Cl)Cl)cc(CC)c1OCCCCOCC=NOCc1ccc(C(F)(F)F)cc1. The molecular formula is C27H32Cl2F3NO4. The smallest absolute Gasteiger partial charge is 0.416 e. The third kappa shape index (κ3) is 11.7. The Labute approximate surface area is 226 Å². The van der Waals surface area contributed by atoms with E-state index in [2.05, 4.69) is 19.0 Å². The molecule has 0 bridgehead atoms. The molecule has 0 aromatic heterocycles. The Morgan fingerprint density at radius 3 is 2.16 bits per heavy atom. The fourth-order valence-electron chi connectivity index (χ4n) is 3.32. The minimum atomic E-state index is -4.35. The van der Waals surface area contributed by atoms with Crippen LogP contribution in [0.3, 0.4) is 0 Å². The summed E-state index contributed by atoms with van der Waals surface area (Å²) in [5.74, 6) is 1.66. The largest absolute Gasteiger partial charge is 0.493 e. The molecule has 0 fully saturated rings. The van der Waals surface area contributed by atoms with E-state index in [1.54, 1.807) is 6.08 Å². The van der Waals surface area contributed by atoms with Crippen LogP contribution in [0.15, 0.2) is 52.1 Å². The molecule has 0 amide bonds. The summed E-state index contributed by atoms with van der Waals surface area (Å²) in [6.07, 6.45) is 1.99. The van der Waals surface area contributed by atoms with Crippen molar-refractivity contribution in [3.8, 4) is 11.5 Å². The molecule has 0 N–H and O–H groups in total. The molecule has 204 valence electrons. The van der Waals surface area contributed by atoms with Crippen LogP contribution in [-0.2, 0) is 35.2 Å². The summed E-state index contributed by atoms with van der Waals surface area (Å²) < 4.78 is 55.2. The van der Waals surface area contributed by atoms with Gasteiger partial charge in [0, 0.05) is 6.61 Å². The van der Waals surface area contributed by atoms with Crippen LogP contribution in [0, 0.1) is 0 Å². The van der Waals surface area contributed by atoms with Crippen LogP contribution in [0.2, 0.25) is 0 Å². The van der Waals surface area contributed by atoms with Crippen molar-refractivity contribution < 1.29 is 32.2 Å². The van der Waals surface area contributed by atoms with Gasteiger partial charge < -0.3 is 19.0 Å². The second-order valence-electron chi connectivity index (χ2n) is 7.97. The van der Waals surface area contributed by atoms with Gasteiger partial charge in [-0.3, -0.25) is 0 Å². The number of oxime groups is 1. The normalized spacial score (nSPS) is 11.5. The number of hydrogen-bond acceptors (Lipinski definition) is 5. The summed E-state index contributed by atoms with van der Waals surface area (Å²) in [5.41, 5.74) is 2.07. The number of alkyl halides is 3. The van der Waals surface area contributed by atoms with Crippen molar-refractivity contribution in [1.82, 2.24) is 0 Å². The molecule has 2 rings (SSSR count). The van der Waals surface area contributed by atoms with E-state index in [9.17, 15) is 13.2 Å². The third-order valence-electron chi connectivity index (χ3n) is 5.25. The Morgan fingerprint density at radius 2 is 1.57 bits per heavy atom. The van der Waals surface area contributed by atoms with E-state index in [1.165, 1.54) is 18.3 Å². The van der Waals surface area contributed by atoms with Crippen molar-refractivity contribution in [2.75, 3.05) is 26.4 Å². The molecule has 0 heterocycles. The first-order valence-corrected chi connectivity index (χ1v) is 12.8. The Kier molecular flexibility index (Phi) is 13.7. The highest BCUT2D eigenvalue weighted by atomic mass is 35.5. The minimum Gasteiger partial charge on any atom is -0.493 e. The second kappa shape index (κ2) is 16.4. The van der Waals surface area contributed by atoms with Gasteiger partial charge in [-0.2, -0.15) is 13.2 Å². The van der Waals surface area contributed by atoms with Gasteiger partial charge in [0.25, 0.3) is 0 Å². The first kappa shape index (κ1) is 30.8. The third-order valence-corrected chi connectivity index (χ3v) is 5.56. The molecule has 0 aliphatic carbocycles. The number of hydrogen-bond donors (Lipinski definition) is 0. The Bertz CT molecular complexity index is 983. The Balaban J connectivity index is 1.64. The Morgan fingerprint density at radius 1 is 0.919 bits per heavy atom. The fraction of sp³-hybridized carbons (Fsp3) is 0.444. The molecule has 0 saturated carbocycles. The lowest BCUT2D eigenvalue weighted by Crippen LogP contribution is -2.06. The molecule has 37 heavy (non-hydrogen) atoms. The van der Waals surface area contributed by atoms with Crippen LogP contribution in [0.4, 0.5) is 13.2 Å². The van der Waals surface area contributed by atoms with Crippen molar-refractivity contribution in [2.45, 2.75) is 52.3 Å². The zero-order chi connectivity index (χ0) is 27.1. The van der Waals surface area contributed by atoms with E-state index in [1.807, 2.05) is 12.1 Å². The average Bonchev–Trinajstić information content (AvgIpc) is 2.86. The van der Waals surface area contributed by atoms with Crippen molar-refractivity contribution in [2.24, 2.45) is 5.16 Å². The van der Waals surface area contributed by atoms with Gasteiger partial charge in [-0.1, -0.05) is 54.3 Å². The van der Waals surface area contributed by atoms with Gasteiger partial charge in [-0.25, -0.2) is 0 Å². The van der Waals surface area contributed by atoms with E-state index in [0.29, 0.717) is 25.4 Å². The van der Waals surface area contributed by atoms with E-state index in [-0.39, 0.29) is 17.7 Å². The van der Waals surface area contributed by atoms with E-state index >= 15 is 0 Å². The van der Waals surface area contributed by atoms with Crippen molar-refractivity contribution in [3.63, 3.8) is 0 Å². The Hall–Kier alpha value is -2.42. The standard InChI is InChI=1S/C27H32Cl2F3NO4/c1-3-21-17-24(35-15-11-25(28)29)18-22(4-2)26(21)36-14-6-5-13-34-16-12-33-37-19-20-7-9-23(10-8-20)27(30,31)32/h7-12,17-18H,3-6,13-16,19H2,1-2H3. The maximum absolute atomic E-state index is 12.6. The molecule has 0 spiro atoms. The number of halogens is 5. The number of rotatable bonds is 16. The fourth-order valence-corrected chi connectivity index (χ4v) is 3.44. The summed E-state index contributed by atoms with van der Waals surface area (Å²) in [6.45, 7) is 5.91. The molecule has 0 unspecified atom stereocenters. The first-order chi connectivity index (χ1) is 17.7. The van der Waals surface area contributed by atoms with Crippen LogP contribution in [0.5, 0.6) is 11.5 Å². The zero-order valence-corrected chi connectivity index (χ0v) is 22.5. The lowest BCUT2D eigenvalue weighted by atomic mass is 10.0. The number of nitrogens with zero attached hydrogens (tertiary/aromatic N) is 1. The van der Waals surface area contributed by atoms with E-state index < -0.39 is 11.7 Å². The van der Waals surface area contributed by atoms with Crippen LogP contribution >= 0.6 is 23.2 Å². The zero-order valence-electron chi connectivity index (χ0n) is 21.0. The molecule has 0 radical (unpaired) electrons. The van der Waals surface area contributed by atoms with E-state index in [4.69, 9.17) is 42.3 Å². The molecule has 5 nitrogen and oxygen atoms in total. The number of benzene rings is 2. The number of aryl methyl sites for hydroxylation is 2. The predicted molar refractivity (Wildman–Crippen MR) is 141 cm³/mol. The van der Waals surface area contributed by atoms with Gasteiger partial charge in [-0.15, -0.1) is 0 Å². The lowest BCUT2D eigenvalue weighted by molar-refractivity contribution is -0.137. The summed E-state index contributed by atoms with van der Waals surface area (Å²) in [4.78, 5) is 5.09. The first-order valence-electron chi connectivity index (χ1n) is 12.0. The highest BCUT2D eigenvalue weighted by Gasteiger charge is 2.29. The highest BCUT2D eigenvalue weighted by molar-refractivity contribution is 6.55. The van der Waals surface area contributed by atoms with Crippen LogP contribution < -0.4 is 9.47 Å². The molecule has 0 aliphatic heterocycles. The minimum absolute atomic E-state index is 0.0807. The summed E-state index contributed by atoms with van der Waals surface area (Å²) in [7, 11) is 0. The summed E-state index contributed by atoms with van der Waals surface area (Å²) in [5, 5.41) is 3.76. The van der Waals surface area contributed by atoms with E-state index in [0.717, 1.165) is 60.4 Å². The molecular weight excluding hydrogens is 530 g/mol. The quantitative estimate of drug-likeness (QED) is 0.119. The van der Waals surface area contributed by atoms with Gasteiger partial charge >= 0.3 is 6.18 Å². The van der Waals surface area contributed by atoms with Gasteiger partial charge in [0.05, 0.1) is 25.0 Å². The van der Waals surface area contributed by atoms with Gasteiger partial charge in [0.2, 0.25) is 0 Å². The van der Waals surface area contributed by atoms with Crippen molar-refractivity contribution in [1.29, 1.82) is 0 Å². The molecule has 0 saturated heterocycles. The molecule has 2 aromatic rings. The second-order valence-corrected chi connectivity index (χ2v) is 8.98. The van der Waals surface area contributed by atoms with Gasteiger partial charge in [0.15, 0.2) is 0 Å². The molecule has 0 atom stereocenters. The average molecular weight is 562 g/mol. The lowest BCUT2D eigenvalue weighted by Gasteiger charge is -2.17. The predicted octanol–water partition coefficient (Wildman–Crippen LogP) is 7.91. The molecule has 10 heteroatoms. The van der Waals surface area contributed by atoms with Crippen LogP contribution in [0.25, 0.3) is 0 Å². The maximum Gasteiger partial charge on any atom is 0.416 e. The molecule has 2 aromatic carbocycles. The number of unbranched alkanes of at least 4 members (excludes halogenated alkanes) is 1. The number of ether oxygens (including phenoxy) is 3. The molecule has 0 aliphatic rings. The highest BCUT2D eigenvalue weighted by Crippen LogP contribution is 2.31. The van der Waals surface area contributed by atoms with Crippen molar-refractivity contribution in [3.05, 3.63) is 69.2 Å². The van der Waals surface area contributed by atoms with Crippen molar-refractivity contribution >= 4 is 29.4 Å². The maximum atomic E-state index is 12.6. The van der Waals surface area contributed by atoms with Crippen LogP contribution in [-0.4, -0.2) is 32.6 Å². The monoisotopic (exact) mass is 561 g/mol. The van der Waals surface area contributed by atoms with Crippen LogP contribution in [0.1, 0.15) is 48.9 Å². The summed E-state index contributed by atoms with van der Waals surface area (Å²) in [6, 6.07) is 8.72. The van der Waals surface area contributed by atoms with Gasteiger partial charge in [-0.05, 0) is 72.7 Å². The van der Waals surface area contributed by atoms with Gasteiger partial charge in [0.1, 0.15) is 29.2 Å². The topological polar surface area (TPSA) is 49.3 Å². The summed E-state index contributed by atoms with van der Waals surface area (Å²) >= 11 is 11.3.